The van der Waals surface area contributed by atoms with Gasteiger partial charge in [0.05, 0.1) is 6.54 Å². The summed E-state index contributed by atoms with van der Waals surface area (Å²) in [5.74, 6) is 0.297. The van der Waals surface area contributed by atoms with Crippen LogP contribution in [0.3, 0.4) is 0 Å². The van der Waals surface area contributed by atoms with Gasteiger partial charge in [0.25, 0.3) is 6.43 Å². The Kier molecular flexibility index (Phi) is 4.69. The number of halogens is 2. The van der Waals surface area contributed by atoms with Crippen LogP contribution in [0.4, 0.5) is 8.78 Å². The van der Waals surface area contributed by atoms with Crippen LogP contribution in [0.2, 0.25) is 0 Å². The first-order chi connectivity index (χ1) is 7.11. The summed E-state index contributed by atoms with van der Waals surface area (Å²) in [4.78, 5) is 0. The van der Waals surface area contributed by atoms with Gasteiger partial charge in [-0.25, -0.2) is 8.78 Å². The Bertz CT molecular complexity index is 272. The van der Waals surface area contributed by atoms with E-state index in [9.17, 15) is 8.78 Å². The molecular weight excluding hydrogens is 196 g/mol. The predicted molar refractivity (Wildman–Crippen MR) is 58.0 cm³/mol. The van der Waals surface area contributed by atoms with Crippen molar-refractivity contribution in [3.05, 3.63) is 35.9 Å². The van der Waals surface area contributed by atoms with Crippen molar-refractivity contribution < 1.29 is 8.78 Å². The van der Waals surface area contributed by atoms with E-state index in [0.717, 1.165) is 5.56 Å². The lowest BCUT2D eigenvalue weighted by molar-refractivity contribution is 0.138. The first-order valence-electron chi connectivity index (χ1n) is 5.17. The van der Waals surface area contributed by atoms with Crippen LogP contribution < -0.4 is 5.32 Å². The molecule has 0 bridgehead atoms. The van der Waals surface area contributed by atoms with E-state index in [1.54, 1.807) is 0 Å². The molecule has 0 radical (unpaired) electrons. The fraction of sp³-hybridized carbons (Fsp3) is 0.500. The van der Waals surface area contributed by atoms with Crippen molar-refractivity contribution in [3.63, 3.8) is 0 Å². The number of alkyl halides is 2. The summed E-state index contributed by atoms with van der Waals surface area (Å²) >= 11 is 0. The maximum absolute atomic E-state index is 12.1. The summed E-state index contributed by atoms with van der Waals surface area (Å²) in [6, 6.07) is 9.70. The lowest BCUT2D eigenvalue weighted by Gasteiger charge is -2.22. The summed E-state index contributed by atoms with van der Waals surface area (Å²) in [6.45, 7) is 3.80. The minimum absolute atomic E-state index is 0.000185. The molecule has 1 aromatic rings. The van der Waals surface area contributed by atoms with Gasteiger partial charge in [0.1, 0.15) is 0 Å². The van der Waals surface area contributed by atoms with E-state index in [2.05, 4.69) is 5.32 Å². The van der Waals surface area contributed by atoms with Crippen LogP contribution in [-0.4, -0.2) is 13.0 Å². The highest BCUT2D eigenvalue weighted by Crippen LogP contribution is 2.21. The van der Waals surface area contributed by atoms with E-state index >= 15 is 0 Å². The minimum Gasteiger partial charge on any atom is -0.304 e. The Morgan fingerprint density at radius 3 is 2.20 bits per heavy atom. The van der Waals surface area contributed by atoms with Crippen LogP contribution >= 0.6 is 0 Å². The first kappa shape index (κ1) is 12.1. The summed E-state index contributed by atoms with van der Waals surface area (Å²) in [6.07, 6.45) is -2.30. The van der Waals surface area contributed by atoms with Gasteiger partial charge in [-0.3, -0.25) is 0 Å². The largest absolute Gasteiger partial charge is 0.304 e. The Labute approximate surface area is 89.5 Å². The molecule has 0 amide bonds. The second kappa shape index (κ2) is 5.81. The quantitative estimate of drug-likeness (QED) is 0.791. The summed E-state index contributed by atoms with van der Waals surface area (Å²) < 4.78 is 24.2. The van der Waals surface area contributed by atoms with Gasteiger partial charge in [-0.2, -0.15) is 0 Å². The van der Waals surface area contributed by atoms with Gasteiger partial charge in [-0.15, -0.1) is 0 Å². The Balaban J connectivity index is 2.66. The predicted octanol–water partition coefficient (Wildman–Crippen LogP) is 3.24. The molecule has 0 aliphatic heterocycles. The van der Waals surface area contributed by atoms with E-state index in [4.69, 9.17) is 0 Å². The molecule has 1 rings (SSSR count). The van der Waals surface area contributed by atoms with Crippen LogP contribution in [0.1, 0.15) is 25.5 Å². The Hall–Kier alpha value is -0.960. The third kappa shape index (κ3) is 3.96. The SMILES string of the molecule is CC(C)C(NCC(F)F)c1ccccc1. The average Bonchev–Trinajstić information content (AvgIpc) is 2.18. The lowest BCUT2D eigenvalue weighted by Crippen LogP contribution is -2.29. The molecule has 1 atom stereocenters. The zero-order valence-electron chi connectivity index (χ0n) is 9.08. The fourth-order valence-electron chi connectivity index (χ4n) is 1.61. The molecule has 0 saturated carbocycles. The molecule has 0 aliphatic rings. The van der Waals surface area contributed by atoms with Crippen molar-refractivity contribution in [2.45, 2.75) is 26.3 Å². The van der Waals surface area contributed by atoms with Gasteiger partial charge in [0.15, 0.2) is 0 Å². The van der Waals surface area contributed by atoms with Gasteiger partial charge >= 0.3 is 0 Å². The maximum Gasteiger partial charge on any atom is 0.250 e. The normalized spacial score (nSPS) is 13.5. The average molecular weight is 213 g/mol. The molecule has 1 unspecified atom stereocenters. The van der Waals surface area contributed by atoms with Crippen molar-refractivity contribution in [3.8, 4) is 0 Å². The molecule has 0 saturated heterocycles. The molecule has 3 heteroatoms. The zero-order chi connectivity index (χ0) is 11.3. The van der Waals surface area contributed by atoms with E-state index in [0.29, 0.717) is 5.92 Å². The molecule has 1 aromatic carbocycles. The number of hydrogen-bond donors (Lipinski definition) is 1. The molecule has 0 aromatic heterocycles. The highest BCUT2D eigenvalue weighted by atomic mass is 19.3. The van der Waals surface area contributed by atoms with E-state index < -0.39 is 6.43 Å². The third-order valence-electron chi connectivity index (χ3n) is 2.32. The van der Waals surface area contributed by atoms with E-state index in [1.807, 2.05) is 44.2 Å². The monoisotopic (exact) mass is 213 g/mol. The molecule has 84 valence electrons. The van der Waals surface area contributed by atoms with Crippen LogP contribution in [-0.2, 0) is 0 Å². The highest BCUT2D eigenvalue weighted by Gasteiger charge is 2.16. The first-order valence-corrected chi connectivity index (χ1v) is 5.17. The van der Waals surface area contributed by atoms with Gasteiger partial charge < -0.3 is 5.32 Å². The fourth-order valence-corrected chi connectivity index (χ4v) is 1.61. The molecule has 1 nitrogen and oxygen atoms in total. The second-order valence-corrected chi connectivity index (χ2v) is 3.93. The van der Waals surface area contributed by atoms with Crippen LogP contribution in [0.5, 0.6) is 0 Å². The van der Waals surface area contributed by atoms with E-state index in [1.165, 1.54) is 0 Å². The summed E-state index contributed by atoms with van der Waals surface area (Å²) in [7, 11) is 0. The molecule has 1 N–H and O–H groups in total. The second-order valence-electron chi connectivity index (χ2n) is 3.93. The topological polar surface area (TPSA) is 12.0 Å². The van der Waals surface area contributed by atoms with Gasteiger partial charge in [0, 0.05) is 6.04 Å². The highest BCUT2D eigenvalue weighted by molar-refractivity contribution is 5.19. The van der Waals surface area contributed by atoms with Crippen molar-refractivity contribution in [1.82, 2.24) is 5.32 Å². The van der Waals surface area contributed by atoms with Gasteiger partial charge in [-0.05, 0) is 11.5 Å². The standard InChI is InChI=1S/C12H17F2N/c1-9(2)12(15-8-11(13)14)10-6-4-3-5-7-10/h3-7,9,11-12,15H,8H2,1-2H3. The smallest absolute Gasteiger partial charge is 0.250 e. The van der Waals surface area contributed by atoms with Crippen molar-refractivity contribution in [1.29, 1.82) is 0 Å². The number of rotatable bonds is 5. The summed E-state index contributed by atoms with van der Waals surface area (Å²) in [5, 5.41) is 2.88. The molecule has 0 spiro atoms. The number of hydrogen-bond acceptors (Lipinski definition) is 1. The van der Waals surface area contributed by atoms with Crippen molar-refractivity contribution >= 4 is 0 Å². The summed E-state index contributed by atoms with van der Waals surface area (Å²) in [5.41, 5.74) is 1.06. The number of benzene rings is 1. The van der Waals surface area contributed by atoms with Gasteiger partial charge in [-0.1, -0.05) is 44.2 Å². The Morgan fingerprint density at radius 1 is 1.13 bits per heavy atom. The van der Waals surface area contributed by atoms with E-state index in [-0.39, 0.29) is 12.6 Å². The molecule has 0 heterocycles. The maximum atomic E-state index is 12.1. The van der Waals surface area contributed by atoms with Gasteiger partial charge in [0.2, 0.25) is 0 Å². The van der Waals surface area contributed by atoms with Crippen molar-refractivity contribution in [2.24, 2.45) is 5.92 Å². The molecule has 0 aliphatic carbocycles. The lowest BCUT2D eigenvalue weighted by atomic mass is 9.96. The molecular formula is C12H17F2N. The molecule has 15 heavy (non-hydrogen) atoms. The third-order valence-corrected chi connectivity index (χ3v) is 2.32. The van der Waals surface area contributed by atoms with Crippen LogP contribution in [0.15, 0.2) is 30.3 Å². The number of nitrogens with one attached hydrogen (secondary N) is 1. The van der Waals surface area contributed by atoms with Crippen LogP contribution in [0, 0.1) is 5.92 Å². The minimum atomic E-state index is -2.30. The Morgan fingerprint density at radius 2 is 1.73 bits per heavy atom. The zero-order valence-corrected chi connectivity index (χ0v) is 9.08. The molecule has 0 fully saturated rings. The van der Waals surface area contributed by atoms with Crippen molar-refractivity contribution in [2.75, 3.05) is 6.54 Å². The van der Waals surface area contributed by atoms with Crippen LogP contribution in [0.25, 0.3) is 0 Å².